The molecule has 4 aliphatic rings. The Bertz CT molecular complexity index is 907. The maximum atomic E-state index is 11.5. The molecule has 226 valence electrons. The Morgan fingerprint density at radius 2 is 1.56 bits per heavy atom. The fourth-order valence-corrected chi connectivity index (χ4v) is 6.89. The number of allylic oxidation sites excluding steroid dienone is 2. The topological polar surface area (TPSA) is 88.1 Å². The molecule has 0 aromatic carbocycles. The maximum Gasteiger partial charge on any atom is 0.192 e. The largest absolute Gasteiger partial charge is 0.414 e. The molecule has 0 aromatic heterocycles. The van der Waals surface area contributed by atoms with E-state index in [0.29, 0.717) is 13.0 Å². The van der Waals surface area contributed by atoms with E-state index in [4.69, 9.17) is 32.8 Å². The highest BCUT2D eigenvalue weighted by Gasteiger charge is 2.62. The van der Waals surface area contributed by atoms with E-state index in [-0.39, 0.29) is 35.1 Å². The number of fused-ring (bicyclic) bond motifs is 1. The van der Waals surface area contributed by atoms with Gasteiger partial charge in [-0.1, -0.05) is 32.4 Å². The molecule has 0 aliphatic carbocycles. The van der Waals surface area contributed by atoms with Gasteiger partial charge in [0.15, 0.2) is 19.9 Å². The molecule has 4 heterocycles. The molecule has 0 saturated carbocycles. The highest BCUT2D eigenvalue weighted by molar-refractivity contribution is 6.74. The number of aliphatic hydroxyl groups is 1. The van der Waals surface area contributed by atoms with Crippen molar-refractivity contribution in [3.8, 4) is 0 Å². The molecule has 0 spiro atoms. The number of epoxide rings is 1. The maximum absolute atomic E-state index is 11.5. The van der Waals surface area contributed by atoms with Gasteiger partial charge in [-0.2, -0.15) is 0 Å². The molecule has 0 unspecified atom stereocenters. The molecule has 0 bridgehead atoms. The van der Waals surface area contributed by atoms with Crippen LogP contribution in [0.3, 0.4) is 0 Å². The monoisotopic (exact) mass is 570 g/mol. The molecule has 4 saturated heterocycles. The van der Waals surface area contributed by atoms with Crippen LogP contribution in [0, 0.1) is 0 Å². The lowest BCUT2D eigenvalue weighted by Gasteiger charge is -2.42. The van der Waals surface area contributed by atoms with Gasteiger partial charge in [0.2, 0.25) is 0 Å². The predicted molar refractivity (Wildman–Crippen MR) is 152 cm³/mol. The normalized spacial score (nSPS) is 40.3. The first-order valence-corrected chi connectivity index (χ1v) is 17.6. The Kier molecular flexibility index (Phi) is 8.68. The summed E-state index contributed by atoms with van der Waals surface area (Å²) in [6.45, 7) is 25.5. The van der Waals surface area contributed by atoms with Gasteiger partial charge in [-0.25, -0.2) is 0 Å². The molecule has 9 atom stereocenters. The molecular formula is C30H54O8Si. The second-order valence-electron chi connectivity index (χ2n) is 14.9. The molecule has 4 fully saturated rings. The quantitative estimate of drug-likeness (QED) is 0.222. The Morgan fingerprint density at radius 3 is 2.18 bits per heavy atom. The summed E-state index contributed by atoms with van der Waals surface area (Å²) in [7, 11) is -2.01. The van der Waals surface area contributed by atoms with E-state index in [1.54, 1.807) is 0 Å². The minimum absolute atomic E-state index is 0.0775. The Morgan fingerprint density at radius 1 is 0.949 bits per heavy atom. The van der Waals surface area contributed by atoms with Crippen LogP contribution in [0.15, 0.2) is 11.6 Å². The first kappa shape index (κ1) is 31.6. The molecule has 4 aliphatic heterocycles. The van der Waals surface area contributed by atoms with Gasteiger partial charge in [0.1, 0.15) is 36.6 Å². The molecular weight excluding hydrogens is 516 g/mol. The molecule has 8 nitrogen and oxygen atoms in total. The fraction of sp³-hybridized carbons (Fsp3) is 0.933. The van der Waals surface area contributed by atoms with E-state index in [1.807, 2.05) is 27.7 Å². The molecule has 9 heteroatoms. The van der Waals surface area contributed by atoms with Crippen LogP contribution in [-0.2, 0) is 32.8 Å². The molecule has 0 radical (unpaired) electrons. The van der Waals surface area contributed by atoms with Crippen molar-refractivity contribution in [2.45, 2.75) is 173 Å². The summed E-state index contributed by atoms with van der Waals surface area (Å²) in [4.78, 5) is 0. The van der Waals surface area contributed by atoms with E-state index < -0.39 is 44.3 Å². The fourth-order valence-electron chi connectivity index (χ4n) is 5.88. The van der Waals surface area contributed by atoms with Gasteiger partial charge in [0.25, 0.3) is 0 Å². The van der Waals surface area contributed by atoms with Crippen LogP contribution in [0.25, 0.3) is 0 Å². The Labute approximate surface area is 237 Å². The van der Waals surface area contributed by atoms with E-state index in [9.17, 15) is 5.11 Å². The summed E-state index contributed by atoms with van der Waals surface area (Å²) < 4.78 is 44.9. The molecule has 0 aromatic rings. The van der Waals surface area contributed by atoms with E-state index >= 15 is 0 Å². The number of hydrogen-bond donors (Lipinski definition) is 1. The van der Waals surface area contributed by atoms with Gasteiger partial charge in [-0.3, -0.25) is 0 Å². The highest BCUT2D eigenvalue weighted by Crippen LogP contribution is 2.48. The molecule has 4 rings (SSSR count). The van der Waals surface area contributed by atoms with Crippen molar-refractivity contribution < 1.29 is 38.0 Å². The zero-order chi connectivity index (χ0) is 29.2. The number of rotatable bonds is 9. The van der Waals surface area contributed by atoms with E-state index in [2.05, 4.69) is 60.7 Å². The van der Waals surface area contributed by atoms with Crippen molar-refractivity contribution in [2.75, 3.05) is 6.61 Å². The first-order chi connectivity index (χ1) is 17.7. The first-order valence-electron chi connectivity index (χ1n) is 14.7. The lowest BCUT2D eigenvalue weighted by atomic mass is 9.88. The van der Waals surface area contributed by atoms with Crippen molar-refractivity contribution >= 4 is 8.32 Å². The van der Waals surface area contributed by atoms with Gasteiger partial charge in [-0.15, -0.1) is 0 Å². The summed E-state index contributed by atoms with van der Waals surface area (Å²) in [5, 5.41) is 11.6. The third kappa shape index (κ3) is 7.00. The minimum atomic E-state index is -2.01. The van der Waals surface area contributed by atoms with E-state index in [0.717, 1.165) is 12.8 Å². The highest BCUT2D eigenvalue weighted by atomic mass is 28.4. The van der Waals surface area contributed by atoms with Crippen molar-refractivity contribution in [1.29, 1.82) is 0 Å². The lowest BCUT2D eigenvalue weighted by Crippen LogP contribution is -2.58. The molecule has 39 heavy (non-hydrogen) atoms. The molecule has 0 amide bonds. The average molecular weight is 571 g/mol. The van der Waals surface area contributed by atoms with Gasteiger partial charge in [0, 0.05) is 6.42 Å². The third-order valence-electron chi connectivity index (χ3n) is 9.13. The summed E-state index contributed by atoms with van der Waals surface area (Å²) in [6, 6.07) is 0. The standard InChI is InChI=1S/C30H54O8Si/c1-18(2)14-13-15-30(10)26(38-30)22(31)19-16-20-23(36-28(6,7)34-20)25(33-19)24-21(35-29(8,9)37-24)17-32-39(11,12)27(3,4)5/h14,19-26,31H,13,15-17H2,1-12H3/t19-,20-,21-,22+,23-,24+,25-,26+,30+/m1/s1. The van der Waals surface area contributed by atoms with Crippen molar-refractivity contribution in [2.24, 2.45) is 0 Å². The SMILES string of the molecule is CC(C)=CCC[C@]1(C)O[C@H]1[C@@H](O)[C@H]1C[C@H]2OC(C)(C)O[C@H]2[C@H]([C@H]2OC(C)(C)O[C@@H]2CO[Si](C)(C)C(C)(C)C)O1. The Hall–Kier alpha value is -0.363. The van der Waals surface area contributed by atoms with Gasteiger partial charge < -0.3 is 38.0 Å². The van der Waals surface area contributed by atoms with Crippen LogP contribution >= 0.6 is 0 Å². The number of hydrogen-bond acceptors (Lipinski definition) is 8. The van der Waals surface area contributed by atoms with E-state index in [1.165, 1.54) is 5.57 Å². The summed E-state index contributed by atoms with van der Waals surface area (Å²) in [6.07, 6.45) is 1.14. The van der Waals surface area contributed by atoms with Crippen LogP contribution in [-0.4, -0.2) is 86.0 Å². The summed E-state index contributed by atoms with van der Waals surface area (Å²) in [5.74, 6) is -1.55. The number of ether oxygens (including phenoxy) is 6. The summed E-state index contributed by atoms with van der Waals surface area (Å²) >= 11 is 0. The third-order valence-corrected chi connectivity index (χ3v) is 13.6. The van der Waals surface area contributed by atoms with Gasteiger partial charge >= 0.3 is 0 Å². The molecule has 1 N–H and O–H groups in total. The zero-order valence-corrected chi connectivity index (χ0v) is 27.3. The Balaban J connectivity index is 1.52. The van der Waals surface area contributed by atoms with Crippen molar-refractivity contribution in [1.82, 2.24) is 0 Å². The van der Waals surface area contributed by atoms with Crippen molar-refractivity contribution in [3.05, 3.63) is 11.6 Å². The van der Waals surface area contributed by atoms with Crippen LogP contribution < -0.4 is 0 Å². The van der Waals surface area contributed by atoms with Gasteiger partial charge in [0.05, 0.1) is 24.4 Å². The zero-order valence-electron chi connectivity index (χ0n) is 26.3. The van der Waals surface area contributed by atoms with Crippen molar-refractivity contribution in [3.63, 3.8) is 0 Å². The van der Waals surface area contributed by atoms with Crippen LogP contribution in [0.5, 0.6) is 0 Å². The summed E-state index contributed by atoms with van der Waals surface area (Å²) in [5.41, 5.74) is 0.928. The average Bonchev–Trinajstić information content (AvgIpc) is 3.17. The van der Waals surface area contributed by atoms with Crippen LogP contribution in [0.1, 0.15) is 88.5 Å². The predicted octanol–water partition coefficient (Wildman–Crippen LogP) is 5.47. The number of aliphatic hydroxyl groups excluding tert-OH is 1. The minimum Gasteiger partial charge on any atom is -0.414 e. The van der Waals surface area contributed by atoms with Crippen LogP contribution in [0.4, 0.5) is 0 Å². The second-order valence-corrected chi connectivity index (χ2v) is 19.7. The van der Waals surface area contributed by atoms with Crippen LogP contribution in [0.2, 0.25) is 18.1 Å². The smallest absolute Gasteiger partial charge is 0.192 e. The van der Waals surface area contributed by atoms with Gasteiger partial charge in [-0.05, 0) is 79.4 Å². The second kappa shape index (κ2) is 10.7. The lowest BCUT2D eigenvalue weighted by molar-refractivity contribution is -0.218.